The molecule has 0 saturated carbocycles. The van der Waals surface area contributed by atoms with Crippen molar-refractivity contribution in [2.24, 2.45) is 0 Å². The zero-order valence-corrected chi connectivity index (χ0v) is 10.7. The lowest BCUT2D eigenvalue weighted by Gasteiger charge is -2.03. The first kappa shape index (κ1) is 11.6. The number of ether oxygens (including phenoxy) is 1. The first-order valence-electron chi connectivity index (χ1n) is 5.95. The Balaban J connectivity index is 2.21. The minimum absolute atomic E-state index is 0.141. The van der Waals surface area contributed by atoms with Crippen molar-refractivity contribution in [2.75, 3.05) is 7.11 Å². The van der Waals surface area contributed by atoms with Crippen LogP contribution in [-0.2, 0) is 0 Å². The van der Waals surface area contributed by atoms with Gasteiger partial charge in [-0.1, -0.05) is 6.07 Å². The van der Waals surface area contributed by atoms with Crippen molar-refractivity contribution in [3.8, 4) is 5.75 Å². The Morgan fingerprint density at radius 3 is 2.84 bits per heavy atom. The molecule has 96 valence electrons. The fourth-order valence-electron chi connectivity index (χ4n) is 2.23. The number of hydrogen-bond donors (Lipinski definition) is 1. The Hall–Kier alpha value is -2.49. The van der Waals surface area contributed by atoms with Gasteiger partial charge in [0.15, 0.2) is 5.76 Å². The maximum Gasteiger partial charge on any atom is 0.230 e. The second-order valence-corrected chi connectivity index (χ2v) is 4.35. The molecule has 0 fully saturated rings. The average Bonchev–Trinajstić information content (AvgIpc) is 3.03. The maximum atomic E-state index is 12.5. The number of aromatic nitrogens is 1. The summed E-state index contributed by atoms with van der Waals surface area (Å²) in [6.07, 6.45) is 3.21. The van der Waals surface area contributed by atoms with Gasteiger partial charge >= 0.3 is 0 Å². The molecule has 0 saturated heterocycles. The third kappa shape index (κ3) is 1.73. The molecule has 0 amide bonds. The van der Waals surface area contributed by atoms with Crippen LogP contribution >= 0.6 is 0 Å². The minimum Gasteiger partial charge on any atom is -0.496 e. The number of aryl methyl sites for hydroxylation is 1. The Bertz CT molecular complexity index is 752. The molecule has 19 heavy (non-hydrogen) atoms. The summed E-state index contributed by atoms with van der Waals surface area (Å²) in [5.41, 5.74) is 2.26. The number of ketones is 1. The molecule has 0 bridgehead atoms. The van der Waals surface area contributed by atoms with Gasteiger partial charge in [0.1, 0.15) is 5.75 Å². The summed E-state index contributed by atoms with van der Waals surface area (Å²) in [6, 6.07) is 7.40. The topological polar surface area (TPSA) is 55.2 Å². The molecule has 4 heteroatoms. The fourth-order valence-corrected chi connectivity index (χ4v) is 2.23. The van der Waals surface area contributed by atoms with E-state index in [-0.39, 0.29) is 5.78 Å². The lowest BCUT2D eigenvalue weighted by molar-refractivity contribution is 0.101. The Morgan fingerprint density at radius 2 is 2.16 bits per heavy atom. The first-order chi connectivity index (χ1) is 9.22. The summed E-state index contributed by atoms with van der Waals surface area (Å²) in [7, 11) is 1.59. The molecule has 0 spiro atoms. The molecule has 0 radical (unpaired) electrons. The summed E-state index contributed by atoms with van der Waals surface area (Å²) in [5.74, 6) is 0.899. The van der Waals surface area contributed by atoms with E-state index in [1.54, 1.807) is 19.4 Å². The van der Waals surface area contributed by atoms with Gasteiger partial charge in [-0.3, -0.25) is 4.79 Å². The molecule has 3 rings (SSSR count). The molecule has 1 aromatic carbocycles. The number of carbonyl (C=O) groups is 1. The molecule has 0 unspecified atom stereocenters. The smallest absolute Gasteiger partial charge is 0.230 e. The quantitative estimate of drug-likeness (QED) is 0.730. The van der Waals surface area contributed by atoms with Crippen LogP contribution in [0.3, 0.4) is 0 Å². The number of hydrogen-bond acceptors (Lipinski definition) is 3. The van der Waals surface area contributed by atoms with Crippen molar-refractivity contribution in [3.63, 3.8) is 0 Å². The molecule has 0 atom stereocenters. The van der Waals surface area contributed by atoms with Crippen LogP contribution in [0.5, 0.6) is 5.75 Å². The van der Waals surface area contributed by atoms with Crippen LogP contribution in [-0.4, -0.2) is 17.9 Å². The van der Waals surface area contributed by atoms with E-state index < -0.39 is 0 Å². The van der Waals surface area contributed by atoms with Gasteiger partial charge in [0.2, 0.25) is 5.78 Å². The zero-order chi connectivity index (χ0) is 13.4. The number of fused-ring (bicyclic) bond motifs is 1. The van der Waals surface area contributed by atoms with Crippen molar-refractivity contribution in [1.82, 2.24) is 4.98 Å². The van der Waals surface area contributed by atoms with E-state index in [0.717, 1.165) is 16.5 Å². The first-order valence-corrected chi connectivity index (χ1v) is 5.95. The number of methoxy groups -OCH3 is 1. The van der Waals surface area contributed by atoms with Crippen molar-refractivity contribution < 1.29 is 13.9 Å². The number of carbonyl (C=O) groups excluding carboxylic acids is 1. The number of nitrogens with one attached hydrogen (secondary N) is 1. The second-order valence-electron chi connectivity index (χ2n) is 4.35. The molecule has 3 aromatic rings. The van der Waals surface area contributed by atoms with Gasteiger partial charge in [0.25, 0.3) is 0 Å². The second kappa shape index (κ2) is 4.31. The third-order valence-electron chi connectivity index (χ3n) is 3.20. The lowest BCUT2D eigenvalue weighted by Crippen LogP contribution is -2.01. The van der Waals surface area contributed by atoms with E-state index in [2.05, 4.69) is 4.98 Å². The molecule has 2 heterocycles. The Kier molecular flexibility index (Phi) is 2.63. The summed E-state index contributed by atoms with van der Waals surface area (Å²) in [5, 5.41) is 0.783. The van der Waals surface area contributed by atoms with Crippen LogP contribution in [0.25, 0.3) is 10.9 Å². The van der Waals surface area contributed by atoms with E-state index in [0.29, 0.717) is 17.1 Å². The summed E-state index contributed by atoms with van der Waals surface area (Å²) >= 11 is 0. The molecule has 0 aliphatic heterocycles. The summed E-state index contributed by atoms with van der Waals surface area (Å²) in [6.45, 7) is 1.85. The maximum absolute atomic E-state index is 12.5. The molecular formula is C15H13NO3. The zero-order valence-electron chi connectivity index (χ0n) is 10.7. The molecule has 1 N–H and O–H groups in total. The van der Waals surface area contributed by atoms with Gasteiger partial charge in [-0.2, -0.15) is 0 Å². The normalized spacial score (nSPS) is 10.8. The highest BCUT2D eigenvalue weighted by Gasteiger charge is 2.20. The van der Waals surface area contributed by atoms with E-state index in [1.165, 1.54) is 6.26 Å². The van der Waals surface area contributed by atoms with Crippen LogP contribution in [0.2, 0.25) is 0 Å². The van der Waals surface area contributed by atoms with Crippen LogP contribution in [0.4, 0.5) is 0 Å². The van der Waals surface area contributed by atoms with Crippen molar-refractivity contribution in [2.45, 2.75) is 6.92 Å². The SMILES string of the molecule is COc1cccc2[nH]cc(C(=O)c3occc3C)c12. The number of rotatable bonds is 3. The molecular weight excluding hydrogens is 242 g/mol. The number of furan rings is 1. The van der Waals surface area contributed by atoms with Crippen LogP contribution < -0.4 is 4.74 Å². The van der Waals surface area contributed by atoms with E-state index in [1.807, 2.05) is 25.1 Å². The van der Waals surface area contributed by atoms with Crippen LogP contribution in [0.1, 0.15) is 21.7 Å². The average molecular weight is 255 g/mol. The van der Waals surface area contributed by atoms with Crippen LogP contribution in [0, 0.1) is 6.92 Å². The van der Waals surface area contributed by atoms with Crippen LogP contribution in [0.15, 0.2) is 41.1 Å². The predicted molar refractivity (Wildman–Crippen MR) is 71.7 cm³/mol. The standard InChI is InChI=1S/C15H13NO3/c1-9-6-7-19-15(9)14(17)10-8-16-11-4-3-5-12(18-2)13(10)11/h3-8,16H,1-2H3. The highest BCUT2D eigenvalue weighted by molar-refractivity contribution is 6.16. The van der Waals surface area contributed by atoms with Gasteiger partial charge in [0.05, 0.1) is 24.3 Å². The Labute approximate surface area is 110 Å². The van der Waals surface area contributed by atoms with E-state index in [9.17, 15) is 4.79 Å². The predicted octanol–water partition coefficient (Wildman–Crippen LogP) is 3.31. The molecule has 4 nitrogen and oxygen atoms in total. The number of H-pyrrole nitrogens is 1. The van der Waals surface area contributed by atoms with E-state index in [4.69, 9.17) is 9.15 Å². The summed E-state index contributed by atoms with van der Waals surface area (Å²) in [4.78, 5) is 15.6. The molecule has 2 aromatic heterocycles. The van der Waals surface area contributed by atoms with E-state index >= 15 is 0 Å². The van der Waals surface area contributed by atoms with Gasteiger partial charge < -0.3 is 14.1 Å². The number of benzene rings is 1. The lowest BCUT2D eigenvalue weighted by atomic mass is 10.1. The Morgan fingerprint density at radius 1 is 1.32 bits per heavy atom. The van der Waals surface area contributed by atoms with Crippen molar-refractivity contribution in [1.29, 1.82) is 0 Å². The van der Waals surface area contributed by atoms with Crippen molar-refractivity contribution >= 4 is 16.7 Å². The molecule has 0 aliphatic carbocycles. The highest BCUT2D eigenvalue weighted by Crippen LogP contribution is 2.30. The monoisotopic (exact) mass is 255 g/mol. The van der Waals surface area contributed by atoms with Crippen molar-refractivity contribution in [3.05, 3.63) is 53.6 Å². The largest absolute Gasteiger partial charge is 0.496 e. The highest BCUT2D eigenvalue weighted by atomic mass is 16.5. The van der Waals surface area contributed by atoms with Gasteiger partial charge in [0, 0.05) is 11.7 Å². The van der Waals surface area contributed by atoms with Gasteiger partial charge in [-0.15, -0.1) is 0 Å². The third-order valence-corrected chi connectivity index (χ3v) is 3.20. The summed E-state index contributed by atoms with van der Waals surface area (Å²) < 4.78 is 10.6. The number of aromatic amines is 1. The molecule has 0 aliphatic rings. The van der Waals surface area contributed by atoms with Gasteiger partial charge in [-0.25, -0.2) is 0 Å². The van der Waals surface area contributed by atoms with Gasteiger partial charge in [-0.05, 0) is 30.7 Å². The fraction of sp³-hybridized carbons (Fsp3) is 0.133. The minimum atomic E-state index is -0.141.